The zero-order valence-corrected chi connectivity index (χ0v) is 30.8. The maximum atomic E-state index is 6.24. The third-order valence-electron chi connectivity index (χ3n) is 10.8. The molecule has 0 unspecified atom stereocenters. The lowest BCUT2D eigenvalue weighted by Gasteiger charge is -2.15. The maximum absolute atomic E-state index is 6.24. The van der Waals surface area contributed by atoms with Crippen LogP contribution in [-0.2, 0) is 0 Å². The van der Waals surface area contributed by atoms with Gasteiger partial charge in [0.2, 0.25) is 0 Å². The van der Waals surface area contributed by atoms with Crippen LogP contribution in [0.4, 0.5) is 0 Å². The quantitative estimate of drug-likeness (QED) is 0.160. The van der Waals surface area contributed by atoms with E-state index in [1.807, 2.05) is 48.5 Å². The molecule has 0 fully saturated rings. The largest absolute Gasteiger partial charge is 0.456 e. The van der Waals surface area contributed by atoms with Gasteiger partial charge in [0, 0.05) is 38.4 Å². The Morgan fingerprint density at radius 2 is 0.895 bits per heavy atom. The van der Waals surface area contributed by atoms with E-state index in [0.717, 1.165) is 94.4 Å². The molecule has 266 valence electrons. The van der Waals surface area contributed by atoms with E-state index in [4.69, 9.17) is 19.4 Å². The fraction of sp³-hybridized carbons (Fsp3) is 0. The van der Waals surface area contributed by atoms with Crippen LogP contribution in [-0.4, -0.2) is 15.0 Å². The zero-order valence-electron chi connectivity index (χ0n) is 30.8. The lowest BCUT2D eigenvalue weighted by atomic mass is 9.92. The van der Waals surface area contributed by atoms with Gasteiger partial charge in [0.05, 0.1) is 22.6 Å². The van der Waals surface area contributed by atoms with E-state index in [2.05, 4.69) is 152 Å². The van der Waals surface area contributed by atoms with Gasteiger partial charge in [-0.3, -0.25) is 0 Å². The molecule has 3 heterocycles. The summed E-state index contributed by atoms with van der Waals surface area (Å²) in [6.45, 7) is 0. The Labute approximate surface area is 329 Å². The van der Waals surface area contributed by atoms with Gasteiger partial charge < -0.3 is 4.42 Å². The minimum Gasteiger partial charge on any atom is -0.456 e. The first-order valence-corrected chi connectivity index (χ1v) is 19.2. The van der Waals surface area contributed by atoms with Gasteiger partial charge in [0.1, 0.15) is 11.2 Å². The van der Waals surface area contributed by atoms with Gasteiger partial charge in [0.15, 0.2) is 5.82 Å². The topological polar surface area (TPSA) is 51.8 Å². The second kappa shape index (κ2) is 13.6. The first-order valence-electron chi connectivity index (χ1n) is 19.2. The Morgan fingerprint density at radius 1 is 0.316 bits per heavy atom. The number of furan rings is 1. The van der Waals surface area contributed by atoms with Gasteiger partial charge in [-0.1, -0.05) is 146 Å². The van der Waals surface area contributed by atoms with E-state index < -0.39 is 0 Å². The normalized spacial score (nSPS) is 11.5. The summed E-state index contributed by atoms with van der Waals surface area (Å²) in [5.74, 6) is 0.673. The van der Waals surface area contributed by atoms with Crippen molar-refractivity contribution < 1.29 is 4.42 Å². The second-order valence-corrected chi connectivity index (χ2v) is 14.4. The first-order chi connectivity index (χ1) is 28.2. The minimum absolute atomic E-state index is 0.673. The van der Waals surface area contributed by atoms with Crippen LogP contribution in [0.3, 0.4) is 0 Å². The van der Waals surface area contributed by atoms with Gasteiger partial charge in [-0.2, -0.15) is 0 Å². The van der Waals surface area contributed by atoms with E-state index in [1.165, 1.54) is 10.8 Å². The van der Waals surface area contributed by atoms with Gasteiger partial charge in [-0.15, -0.1) is 0 Å². The van der Waals surface area contributed by atoms with Crippen LogP contribution in [0.2, 0.25) is 0 Å². The molecule has 0 aliphatic heterocycles. The summed E-state index contributed by atoms with van der Waals surface area (Å²) >= 11 is 0. The highest BCUT2D eigenvalue weighted by Gasteiger charge is 2.18. The molecule has 8 aromatic carbocycles. The van der Waals surface area contributed by atoms with Crippen LogP contribution in [0, 0.1) is 0 Å². The SMILES string of the molecule is c1ccc(-c2cc(-c3cc(-c4ccc5oc6ccccc6c5c4)cc(-c4cc(-c5ccccc5)c5c(ccc6ccccc65)n4)c3)nc(-c3ccccc3)n2)cc1. The lowest BCUT2D eigenvalue weighted by molar-refractivity contribution is 0.669. The maximum Gasteiger partial charge on any atom is 0.160 e. The number of nitrogens with zero attached hydrogens (tertiary/aromatic N) is 3. The Kier molecular flexibility index (Phi) is 7.78. The Morgan fingerprint density at radius 3 is 1.65 bits per heavy atom. The van der Waals surface area contributed by atoms with E-state index in [9.17, 15) is 0 Å². The van der Waals surface area contributed by atoms with Crippen molar-refractivity contribution in [3.63, 3.8) is 0 Å². The van der Waals surface area contributed by atoms with Crippen LogP contribution < -0.4 is 0 Å². The molecule has 4 heteroatoms. The molecule has 3 aromatic heterocycles. The summed E-state index contributed by atoms with van der Waals surface area (Å²) in [7, 11) is 0. The van der Waals surface area contributed by atoms with E-state index in [0.29, 0.717) is 5.82 Å². The minimum atomic E-state index is 0.673. The number of hydrogen-bond acceptors (Lipinski definition) is 4. The van der Waals surface area contributed by atoms with Crippen molar-refractivity contribution in [1.29, 1.82) is 0 Å². The molecular formula is C53H33N3O. The highest BCUT2D eigenvalue weighted by Crippen LogP contribution is 2.40. The van der Waals surface area contributed by atoms with Crippen LogP contribution in [0.1, 0.15) is 0 Å². The highest BCUT2D eigenvalue weighted by atomic mass is 16.3. The molecule has 0 amide bonds. The molecule has 57 heavy (non-hydrogen) atoms. The predicted molar refractivity (Wildman–Crippen MR) is 235 cm³/mol. The van der Waals surface area contributed by atoms with Gasteiger partial charge >= 0.3 is 0 Å². The van der Waals surface area contributed by atoms with E-state index >= 15 is 0 Å². The van der Waals surface area contributed by atoms with Crippen molar-refractivity contribution >= 4 is 43.6 Å². The molecule has 0 saturated heterocycles. The number of fused-ring (bicyclic) bond motifs is 6. The molecular weight excluding hydrogens is 695 g/mol. The Balaban J connectivity index is 1.18. The van der Waals surface area contributed by atoms with Crippen molar-refractivity contribution in [2.24, 2.45) is 0 Å². The average Bonchev–Trinajstić information content (AvgIpc) is 3.67. The van der Waals surface area contributed by atoms with Crippen molar-refractivity contribution in [2.45, 2.75) is 0 Å². The predicted octanol–water partition coefficient (Wildman–Crippen LogP) is 14.1. The molecule has 0 atom stereocenters. The molecule has 0 aliphatic rings. The summed E-state index contributed by atoms with van der Waals surface area (Å²) < 4.78 is 6.24. The standard InChI is InChI=1S/C53H33N3O/c1-4-14-34(15-5-1)44-32-47(54-46-26-24-35-16-10-11-21-42(35)52(44)46)40-28-39(38-25-27-51-45(31-38)43-22-12-13-23-50(43)57-51)29-41(30-40)49-33-48(36-17-6-2-7-18-36)55-53(56-49)37-19-8-3-9-20-37/h1-33H. The monoisotopic (exact) mass is 727 g/mol. The molecule has 0 aliphatic carbocycles. The Hall–Kier alpha value is -7.69. The van der Waals surface area contributed by atoms with Crippen molar-refractivity contribution in [3.8, 4) is 67.4 Å². The third kappa shape index (κ3) is 5.92. The zero-order chi connectivity index (χ0) is 37.7. The average molecular weight is 728 g/mol. The smallest absolute Gasteiger partial charge is 0.160 e. The first kappa shape index (κ1) is 32.7. The second-order valence-electron chi connectivity index (χ2n) is 14.4. The molecule has 0 radical (unpaired) electrons. The fourth-order valence-corrected chi connectivity index (χ4v) is 8.06. The summed E-state index contributed by atoms with van der Waals surface area (Å²) in [4.78, 5) is 15.8. The summed E-state index contributed by atoms with van der Waals surface area (Å²) in [6, 6.07) is 69.8. The van der Waals surface area contributed by atoms with E-state index in [-0.39, 0.29) is 0 Å². The molecule has 11 rings (SSSR count). The van der Waals surface area contributed by atoms with Crippen LogP contribution in [0.15, 0.2) is 205 Å². The molecule has 0 saturated carbocycles. The Bertz CT molecular complexity index is 3220. The van der Waals surface area contributed by atoms with Gasteiger partial charge in [-0.05, 0) is 87.6 Å². The lowest BCUT2D eigenvalue weighted by Crippen LogP contribution is -1.97. The van der Waals surface area contributed by atoms with Crippen molar-refractivity contribution in [2.75, 3.05) is 0 Å². The highest BCUT2D eigenvalue weighted by molar-refractivity contribution is 6.14. The molecule has 4 nitrogen and oxygen atoms in total. The molecule has 11 aromatic rings. The molecule has 0 spiro atoms. The number of hydrogen-bond donors (Lipinski definition) is 0. The number of para-hydroxylation sites is 1. The third-order valence-corrected chi connectivity index (χ3v) is 10.8. The number of benzene rings is 8. The van der Waals surface area contributed by atoms with Crippen molar-refractivity contribution in [3.05, 3.63) is 200 Å². The molecule has 0 bridgehead atoms. The number of rotatable bonds is 6. The van der Waals surface area contributed by atoms with Crippen LogP contribution in [0.25, 0.3) is 111 Å². The summed E-state index contributed by atoms with van der Waals surface area (Å²) in [5.41, 5.74) is 13.6. The summed E-state index contributed by atoms with van der Waals surface area (Å²) in [6.07, 6.45) is 0. The summed E-state index contributed by atoms with van der Waals surface area (Å²) in [5, 5.41) is 5.70. The number of pyridine rings is 1. The fourth-order valence-electron chi connectivity index (χ4n) is 8.06. The van der Waals surface area contributed by atoms with E-state index in [1.54, 1.807) is 0 Å². The van der Waals surface area contributed by atoms with Crippen molar-refractivity contribution in [1.82, 2.24) is 15.0 Å². The number of aromatic nitrogens is 3. The molecule has 0 N–H and O–H groups in total. The van der Waals surface area contributed by atoms with Crippen LogP contribution in [0.5, 0.6) is 0 Å². The van der Waals surface area contributed by atoms with Gasteiger partial charge in [-0.25, -0.2) is 15.0 Å². The van der Waals surface area contributed by atoms with Crippen LogP contribution >= 0.6 is 0 Å². The van der Waals surface area contributed by atoms with Gasteiger partial charge in [0.25, 0.3) is 0 Å².